The van der Waals surface area contributed by atoms with Crippen LogP contribution in [0.1, 0.15) is 21.0 Å². The lowest BCUT2D eigenvalue weighted by Crippen LogP contribution is -2.10. The zero-order valence-electron chi connectivity index (χ0n) is 17.4. The van der Waals surface area contributed by atoms with E-state index in [-0.39, 0.29) is 23.6 Å². The molecule has 0 amide bonds. The molecule has 2 unspecified atom stereocenters. The van der Waals surface area contributed by atoms with Crippen LogP contribution in [0.4, 0.5) is 0 Å². The highest BCUT2D eigenvalue weighted by atomic mass is 16.6. The Balaban J connectivity index is 1.12. The molecular formula is C23H20N2O8. The maximum atomic E-state index is 12.4. The highest BCUT2D eigenvalue weighted by Crippen LogP contribution is 2.22. The number of H-pyrrole nitrogens is 1. The third-order valence-electron chi connectivity index (χ3n) is 4.75. The van der Waals surface area contributed by atoms with Crippen molar-refractivity contribution in [3.8, 4) is 23.0 Å². The van der Waals surface area contributed by atoms with Crippen LogP contribution >= 0.6 is 0 Å². The SMILES string of the molecule is O=C(Oc1ccc(OCC2CO2)cc1)c1cc(C(=O)Oc2ccc(OCC3CO3)cc2)[nH]n1. The molecule has 0 aliphatic carbocycles. The molecule has 2 aliphatic rings. The van der Waals surface area contributed by atoms with Gasteiger partial charge >= 0.3 is 11.9 Å². The third kappa shape index (κ3) is 5.88. The quantitative estimate of drug-likeness (QED) is 0.280. The first-order chi connectivity index (χ1) is 16.1. The minimum Gasteiger partial charge on any atom is -0.491 e. The average molecular weight is 452 g/mol. The molecule has 0 spiro atoms. The van der Waals surface area contributed by atoms with Crippen LogP contribution < -0.4 is 18.9 Å². The van der Waals surface area contributed by atoms with E-state index in [1.165, 1.54) is 6.07 Å². The molecule has 0 bridgehead atoms. The van der Waals surface area contributed by atoms with E-state index in [1.807, 2.05) is 0 Å². The summed E-state index contributed by atoms with van der Waals surface area (Å²) in [5.74, 6) is 0.524. The molecule has 2 atom stereocenters. The summed E-state index contributed by atoms with van der Waals surface area (Å²) in [4.78, 5) is 24.7. The van der Waals surface area contributed by atoms with Crippen molar-refractivity contribution in [2.24, 2.45) is 0 Å². The molecule has 3 heterocycles. The largest absolute Gasteiger partial charge is 0.491 e. The Bertz CT molecular complexity index is 1030. The number of benzene rings is 2. The van der Waals surface area contributed by atoms with Gasteiger partial charge in [0.1, 0.15) is 54.1 Å². The zero-order chi connectivity index (χ0) is 22.6. The Kier molecular flexibility index (Phi) is 5.92. The number of rotatable bonds is 10. The van der Waals surface area contributed by atoms with Crippen molar-refractivity contribution in [3.05, 3.63) is 66.0 Å². The van der Waals surface area contributed by atoms with Gasteiger partial charge in [-0.3, -0.25) is 5.10 Å². The van der Waals surface area contributed by atoms with E-state index in [0.717, 1.165) is 0 Å². The van der Waals surface area contributed by atoms with Crippen LogP contribution in [0.15, 0.2) is 54.6 Å². The minimum atomic E-state index is -0.716. The molecule has 10 nitrogen and oxygen atoms in total. The lowest BCUT2D eigenvalue weighted by Gasteiger charge is -2.06. The Morgan fingerprint density at radius 3 is 1.73 bits per heavy atom. The lowest BCUT2D eigenvalue weighted by molar-refractivity contribution is 0.0722. The number of hydrogen-bond acceptors (Lipinski definition) is 9. The number of carbonyl (C=O) groups excluding carboxylic acids is 2. The zero-order valence-corrected chi connectivity index (χ0v) is 17.4. The van der Waals surface area contributed by atoms with Gasteiger partial charge < -0.3 is 28.4 Å². The van der Waals surface area contributed by atoms with Gasteiger partial charge in [-0.05, 0) is 48.5 Å². The molecular weight excluding hydrogens is 432 g/mol. The Hall–Kier alpha value is -3.89. The van der Waals surface area contributed by atoms with Crippen LogP contribution in [-0.4, -0.2) is 60.8 Å². The fourth-order valence-corrected chi connectivity index (χ4v) is 2.77. The Morgan fingerprint density at radius 2 is 1.24 bits per heavy atom. The first-order valence-corrected chi connectivity index (χ1v) is 10.3. The van der Waals surface area contributed by atoms with Crippen LogP contribution in [0.5, 0.6) is 23.0 Å². The first-order valence-electron chi connectivity index (χ1n) is 10.3. The number of ether oxygens (including phenoxy) is 6. The van der Waals surface area contributed by atoms with Crippen molar-refractivity contribution in [3.63, 3.8) is 0 Å². The maximum Gasteiger partial charge on any atom is 0.364 e. The van der Waals surface area contributed by atoms with Crippen molar-refractivity contribution in [1.29, 1.82) is 0 Å². The van der Waals surface area contributed by atoms with E-state index < -0.39 is 11.9 Å². The molecule has 5 rings (SSSR count). The van der Waals surface area contributed by atoms with E-state index in [9.17, 15) is 9.59 Å². The van der Waals surface area contributed by atoms with Gasteiger partial charge in [-0.2, -0.15) is 5.10 Å². The second kappa shape index (κ2) is 9.31. The summed E-state index contributed by atoms with van der Waals surface area (Å²) < 4.78 is 31.8. The highest BCUT2D eigenvalue weighted by molar-refractivity contribution is 5.94. The molecule has 3 aromatic rings. The van der Waals surface area contributed by atoms with Gasteiger partial charge in [-0.25, -0.2) is 9.59 Å². The monoisotopic (exact) mass is 452 g/mol. The number of nitrogens with zero attached hydrogens (tertiary/aromatic N) is 1. The van der Waals surface area contributed by atoms with Gasteiger partial charge in [-0.1, -0.05) is 0 Å². The molecule has 0 saturated carbocycles. The summed E-state index contributed by atoms with van der Waals surface area (Å²) in [5, 5.41) is 6.33. The Morgan fingerprint density at radius 1 is 0.788 bits per heavy atom. The van der Waals surface area contributed by atoms with Crippen LogP contribution in [0.25, 0.3) is 0 Å². The molecule has 170 valence electrons. The summed E-state index contributed by atoms with van der Waals surface area (Å²) in [6.45, 7) is 2.40. The molecule has 10 heteroatoms. The number of esters is 2. The van der Waals surface area contributed by atoms with Crippen molar-refractivity contribution >= 4 is 11.9 Å². The molecule has 2 aromatic carbocycles. The molecule has 1 aromatic heterocycles. The summed E-state index contributed by atoms with van der Waals surface area (Å²) in [7, 11) is 0. The van der Waals surface area contributed by atoms with Crippen LogP contribution in [-0.2, 0) is 9.47 Å². The first kappa shape index (κ1) is 21.0. The maximum absolute atomic E-state index is 12.4. The number of epoxide rings is 2. The highest BCUT2D eigenvalue weighted by Gasteiger charge is 2.24. The molecule has 2 fully saturated rings. The average Bonchev–Trinajstić information content (AvgIpc) is 3.77. The second-order valence-electron chi connectivity index (χ2n) is 7.42. The number of nitrogens with one attached hydrogen (secondary N) is 1. The molecule has 0 radical (unpaired) electrons. The smallest absolute Gasteiger partial charge is 0.364 e. The third-order valence-corrected chi connectivity index (χ3v) is 4.75. The fraction of sp³-hybridized carbons (Fsp3) is 0.261. The van der Waals surface area contributed by atoms with Crippen LogP contribution in [0, 0.1) is 0 Å². The molecule has 33 heavy (non-hydrogen) atoms. The van der Waals surface area contributed by atoms with Gasteiger partial charge in [0, 0.05) is 6.07 Å². The van der Waals surface area contributed by atoms with E-state index in [1.54, 1.807) is 48.5 Å². The normalized spacial score (nSPS) is 18.3. The molecule has 2 aliphatic heterocycles. The molecule has 2 saturated heterocycles. The van der Waals surface area contributed by atoms with Gasteiger partial charge in [0.15, 0.2) is 5.69 Å². The standard InChI is InChI=1S/C23H20N2O8/c26-22(32-16-5-1-14(2-6-16)28-10-18-12-30-18)20-9-21(25-24-20)23(27)33-17-7-3-15(4-8-17)29-11-19-13-31-19/h1-9,18-19H,10-13H2,(H,24,25). The molecule has 1 N–H and O–H groups in total. The summed E-state index contributed by atoms with van der Waals surface area (Å²) >= 11 is 0. The van der Waals surface area contributed by atoms with Crippen LogP contribution in [0.2, 0.25) is 0 Å². The van der Waals surface area contributed by atoms with Gasteiger partial charge in [0.05, 0.1) is 13.2 Å². The number of aromatic amines is 1. The fourth-order valence-electron chi connectivity index (χ4n) is 2.77. The van der Waals surface area contributed by atoms with Crippen molar-refractivity contribution < 1.29 is 38.0 Å². The number of aromatic nitrogens is 2. The van der Waals surface area contributed by atoms with E-state index in [2.05, 4.69) is 10.2 Å². The van der Waals surface area contributed by atoms with E-state index in [4.69, 9.17) is 28.4 Å². The van der Waals surface area contributed by atoms with Gasteiger partial charge in [0.25, 0.3) is 0 Å². The van der Waals surface area contributed by atoms with Gasteiger partial charge in [0.2, 0.25) is 0 Å². The predicted octanol–water partition coefficient (Wildman–Crippen LogP) is 2.40. The van der Waals surface area contributed by atoms with Crippen LogP contribution in [0.3, 0.4) is 0 Å². The topological polar surface area (TPSA) is 125 Å². The second-order valence-corrected chi connectivity index (χ2v) is 7.42. The lowest BCUT2D eigenvalue weighted by atomic mass is 10.3. The number of hydrogen-bond donors (Lipinski definition) is 1. The van der Waals surface area contributed by atoms with Crippen molar-refractivity contribution in [2.75, 3.05) is 26.4 Å². The number of carbonyl (C=O) groups is 2. The Labute approximate surface area is 188 Å². The summed E-state index contributed by atoms with van der Waals surface area (Å²) in [5.41, 5.74) is -0.0431. The van der Waals surface area contributed by atoms with E-state index >= 15 is 0 Å². The van der Waals surface area contributed by atoms with Crippen molar-refractivity contribution in [1.82, 2.24) is 10.2 Å². The predicted molar refractivity (Wildman–Crippen MR) is 112 cm³/mol. The summed E-state index contributed by atoms with van der Waals surface area (Å²) in [6.07, 6.45) is 0.313. The van der Waals surface area contributed by atoms with Gasteiger partial charge in [-0.15, -0.1) is 0 Å². The summed E-state index contributed by atoms with van der Waals surface area (Å²) in [6, 6.07) is 14.5. The minimum absolute atomic E-state index is 0.0131. The van der Waals surface area contributed by atoms with E-state index in [0.29, 0.717) is 49.4 Å². The van der Waals surface area contributed by atoms with Crippen molar-refractivity contribution in [2.45, 2.75) is 12.2 Å².